The smallest absolute Gasteiger partial charge is 0.244 e. The second kappa shape index (κ2) is 11.1. The summed E-state index contributed by atoms with van der Waals surface area (Å²) in [7, 11) is -0.496. The molecule has 1 aromatic heterocycles. The van der Waals surface area contributed by atoms with Crippen molar-refractivity contribution >= 4 is 27.7 Å². The van der Waals surface area contributed by atoms with E-state index >= 15 is 0 Å². The maximum Gasteiger partial charge on any atom is 0.244 e. The SMILES string of the molecule is COc1ccc(CN(C)C(=O)CSc2ccc(S(=O)(=O)N3CCCCCC3)cn2)cc1F. The molecule has 1 saturated heterocycles. The Bertz CT molecular complexity index is 1020. The highest BCUT2D eigenvalue weighted by Crippen LogP contribution is 2.23. The number of carbonyl (C=O) groups is 1. The van der Waals surface area contributed by atoms with Gasteiger partial charge in [-0.1, -0.05) is 30.7 Å². The summed E-state index contributed by atoms with van der Waals surface area (Å²) < 4.78 is 45.9. The fourth-order valence-corrected chi connectivity index (χ4v) is 5.70. The molecule has 32 heavy (non-hydrogen) atoms. The van der Waals surface area contributed by atoms with Crippen molar-refractivity contribution in [3.63, 3.8) is 0 Å². The second-order valence-corrected chi connectivity index (χ2v) is 10.6. The number of rotatable bonds is 8. The monoisotopic (exact) mass is 481 g/mol. The average molecular weight is 482 g/mol. The second-order valence-electron chi connectivity index (χ2n) is 7.66. The van der Waals surface area contributed by atoms with Crippen LogP contribution < -0.4 is 4.74 Å². The van der Waals surface area contributed by atoms with Crippen LogP contribution in [0.15, 0.2) is 46.5 Å². The molecule has 0 saturated carbocycles. The fraction of sp³-hybridized carbons (Fsp3) is 0.455. The number of methoxy groups -OCH3 is 1. The Hall–Kier alpha value is -2.17. The highest BCUT2D eigenvalue weighted by atomic mass is 32.2. The van der Waals surface area contributed by atoms with Crippen LogP contribution in [0.3, 0.4) is 0 Å². The zero-order valence-corrected chi connectivity index (χ0v) is 19.9. The van der Waals surface area contributed by atoms with Gasteiger partial charge in [0.25, 0.3) is 0 Å². The molecule has 10 heteroatoms. The lowest BCUT2D eigenvalue weighted by Crippen LogP contribution is -2.32. The van der Waals surface area contributed by atoms with Crippen molar-refractivity contribution in [2.75, 3.05) is 33.0 Å². The summed E-state index contributed by atoms with van der Waals surface area (Å²) >= 11 is 1.23. The molecule has 2 aromatic rings. The van der Waals surface area contributed by atoms with Crippen LogP contribution in [0, 0.1) is 5.82 Å². The largest absolute Gasteiger partial charge is 0.494 e. The first kappa shape index (κ1) is 24.5. The van der Waals surface area contributed by atoms with Crippen molar-refractivity contribution < 1.29 is 22.3 Å². The van der Waals surface area contributed by atoms with Crippen molar-refractivity contribution in [3.05, 3.63) is 47.9 Å². The molecule has 0 atom stereocenters. The standard InChI is InChI=1S/C22H28FN3O4S2/c1-25(15-17-7-9-20(30-2)19(23)13-17)22(27)16-31-21-10-8-18(14-24-21)32(28,29)26-11-5-3-4-6-12-26/h7-10,13-14H,3-6,11-12,15-16H2,1-2H3. The molecule has 2 heterocycles. The Morgan fingerprint density at radius 3 is 2.50 bits per heavy atom. The third kappa shape index (κ3) is 6.20. The van der Waals surface area contributed by atoms with Gasteiger partial charge in [-0.2, -0.15) is 4.31 Å². The molecule has 0 N–H and O–H groups in total. The van der Waals surface area contributed by atoms with E-state index in [4.69, 9.17) is 4.74 Å². The maximum atomic E-state index is 13.8. The van der Waals surface area contributed by atoms with Crippen LogP contribution in [0.5, 0.6) is 5.75 Å². The number of halogens is 1. The van der Waals surface area contributed by atoms with Crippen LogP contribution >= 0.6 is 11.8 Å². The molecule has 1 aliphatic rings. The van der Waals surface area contributed by atoms with E-state index in [9.17, 15) is 17.6 Å². The van der Waals surface area contributed by atoms with Gasteiger partial charge in [0.15, 0.2) is 11.6 Å². The lowest BCUT2D eigenvalue weighted by atomic mass is 10.2. The predicted octanol–water partition coefficient (Wildman–Crippen LogP) is 3.54. The lowest BCUT2D eigenvalue weighted by Gasteiger charge is -2.19. The van der Waals surface area contributed by atoms with Crippen LogP contribution in [0.4, 0.5) is 4.39 Å². The Morgan fingerprint density at radius 2 is 1.91 bits per heavy atom. The molecule has 0 bridgehead atoms. The molecule has 1 fully saturated rings. The molecule has 174 valence electrons. The van der Waals surface area contributed by atoms with Crippen LogP contribution in [0.2, 0.25) is 0 Å². The Kier molecular flexibility index (Phi) is 8.50. The number of ether oxygens (including phenoxy) is 1. The molecule has 0 unspecified atom stereocenters. The first-order valence-corrected chi connectivity index (χ1v) is 12.9. The van der Waals surface area contributed by atoms with Gasteiger partial charge in [-0.15, -0.1) is 0 Å². The number of benzene rings is 1. The molecule has 1 amide bonds. The van der Waals surface area contributed by atoms with Crippen molar-refractivity contribution in [2.45, 2.75) is 42.1 Å². The first-order valence-electron chi connectivity index (χ1n) is 10.5. The van der Waals surface area contributed by atoms with E-state index in [0.29, 0.717) is 23.7 Å². The molecular formula is C22H28FN3O4S2. The number of hydrogen-bond donors (Lipinski definition) is 0. The molecule has 0 spiro atoms. The van der Waals surface area contributed by atoms with Crippen molar-refractivity contribution in [1.82, 2.24) is 14.2 Å². The van der Waals surface area contributed by atoms with Gasteiger partial charge in [0, 0.05) is 32.9 Å². The third-order valence-electron chi connectivity index (χ3n) is 5.32. The summed E-state index contributed by atoms with van der Waals surface area (Å²) in [4.78, 5) is 18.4. The summed E-state index contributed by atoms with van der Waals surface area (Å²) in [6, 6.07) is 7.76. The fourth-order valence-electron chi connectivity index (χ4n) is 3.45. The van der Waals surface area contributed by atoms with Gasteiger partial charge in [-0.3, -0.25) is 4.79 Å². The summed E-state index contributed by atoms with van der Waals surface area (Å²) in [5.74, 6) is -0.319. The minimum Gasteiger partial charge on any atom is -0.494 e. The molecule has 3 rings (SSSR count). The van der Waals surface area contributed by atoms with Crippen molar-refractivity contribution in [2.24, 2.45) is 0 Å². The van der Waals surface area contributed by atoms with E-state index in [1.165, 1.54) is 46.4 Å². The minimum absolute atomic E-state index is 0.139. The average Bonchev–Trinajstić information content (AvgIpc) is 3.08. The van der Waals surface area contributed by atoms with Gasteiger partial charge in [-0.25, -0.2) is 17.8 Å². The predicted molar refractivity (Wildman–Crippen MR) is 122 cm³/mol. The van der Waals surface area contributed by atoms with E-state index in [1.54, 1.807) is 25.2 Å². The topological polar surface area (TPSA) is 79.8 Å². The number of nitrogens with zero attached hydrogens (tertiary/aromatic N) is 3. The molecule has 1 aromatic carbocycles. The lowest BCUT2D eigenvalue weighted by molar-refractivity contribution is -0.127. The van der Waals surface area contributed by atoms with Crippen LogP contribution in [0.1, 0.15) is 31.2 Å². The van der Waals surface area contributed by atoms with Gasteiger partial charge in [0.1, 0.15) is 4.90 Å². The third-order valence-corrected chi connectivity index (χ3v) is 8.13. The van der Waals surface area contributed by atoms with Gasteiger partial charge in [0.05, 0.1) is 17.9 Å². The normalized spacial score (nSPS) is 15.2. The van der Waals surface area contributed by atoms with Gasteiger partial charge in [0.2, 0.25) is 15.9 Å². The van der Waals surface area contributed by atoms with E-state index in [-0.39, 0.29) is 28.8 Å². The minimum atomic E-state index is -3.54. The van der Waals surface area contributed by atoms with Crippen LogP contribution in [0.25, 0.3) is 0 Å². The maximum absolute atomic E-state index is 13.8. The molecule has 0 radical (unpaired) electrons. The van der Waals surface area contributed by atoms with E-state index in [2.05, 4.69) is 4.98 Å². The van der Waals surface area contributed by atoms with Gasteiger partial charge in [-0.05, 0) is 42.7 Å². The van der Waals surface area contributed by atoms with Crippen molar-refractivity contribution in [1.29, 1.82) is 0 Å². The quantitative estimate of drug-likeness (QED) is 0.537. The Balaban J connectivity index is 1.55. The summed E-state index contributed by atoms with van der Waals surface area (Å²) in [5.41, 5.74) is 0.658. The summed E-state index contributed by atoms with van der Waals surface area (Å²) in [6.45, 7) is 1.34. The van der Waals surface area contributed by atoms with Crippen LogP contribution in [-0.4, -0.2) is 61.5 Å². The zero-order valence-electron chi connectivity index (χ0n) is 18.3. The highest BCUT2D eigenvalue weighted by molar-refractivity contribution is 7.99. The number of hydrogen-bond acceptors (Lipinski definition) is 6. The molecule has 0 aliphatic carbocycles. The van der Waals surface area contributed by atoms with Gasteiger partial charge >= 0.3 is 0 Å². The Labute approximate surface area is 193 Å². The molecule has 1 aliphatic heterocycles. The van der Waals surface area contributed by atoms with Crippen molar-refractivity contribution in [3.8, 4) is 5.75 Å². The number of sulfonamides is 1. The number of carbonyl (C=O) groups excluding carboxylic acids is 1. The van der Waals surface area contributed by atoms with Crippen LogP contribution in [-0.2, 0) is 21.4 Å². The number of amides is 1. The molecule has 7 nitrogen and oxygen atoms in total. The number of aromatic nitrogens is 1. The first-order chi connectivity index (χ1) is 15.3. The van der Waals surface area contributed by atoms with E-state index < -0.39 is 15.8 Å². The molecular weight excluding hydrogens is 453 g/mol. The zero-order chi connectivity index (χ0) is 23.1. The number of thioether (sulfide) groups is 1. The number of pyridine rings is 1. The summed E-state index contributed by atoms with van der Waals surface area (Å²) in [6.07, 6.45) is 5.21. The Morgan fingerprint density at radius 1 is 1.19 bits per heavy atom. The van der Waals surface area contributed by atoms with E-state index in [0.717, 1.165) is 25.7 Å². The van der Waals surface area contributed by atoms with Gasteiger partial charge < -0.3 is 9.64 Å². The van der Waals surface area contributed by atoms with E-state index in [1.807, 2.05) is 0 Å². The highest BCUT2D eigenvalue weighted by Gasteiger charge is 2.25. The summed E-state index contributed by atoms with van der Waals surface area (Å²) in [5, 5.41) is 0.567.